The summed E-state index contributed by atoms with van der Waals surface area (Å²) < 4.78 is 4.52. The van der Waals surface area contributed by atoms with Crippen molar-refractivity contribution in [3.63, 3.8) is 0 Å². The summed E-state index contributed by atoms with van der Waals surface area (Å²) in [6.45, 7) is 6.84. The summed E-state index contributed by atoms with van der Waals surface area (Å²) in [6.07, 6.45) is 7.69. The van der Waals surface area contributed by atoms with Crippen molar-refractivity contribution >= 4 is 34.8 Å². The fourth-order valence-electron chi connectivity index (χ4n) is 2.14. The lowest BCUT2D eigenvalue weighted by molar-refractivity contribution is 0.361. The van der Waals surface area contributed by atoms with Crippen LogP contribution >= 0.6 is 34.8 Å². The Morgan fingerprint density at radius 3 is 2.26 bits per heavy atom. The first-order valence-corrected chi connectivity index (χ1v) is 9.03. The molecule has 1 aromatic carbocycles. The molecule has 0 aromatic heterocycles. The Morgan fingerprint density at radius 2 is 1.70 bits per heavy atom. The number of rotatable bonds is 8. The highest BCUT2D eigenvalue weighted by molar-refractivity contribution is 6.67. The van der Waals surface area contributed by atoms with Gasteiger partial charge >= 0.3 is 0 Å². The number of hydrogen-bond acceptors (Lipinski definition) is 1. The third kappa shape index (κ3) is 9.96. The van der Waals surface area contributed by atoms with Crippen molar-refractivity contribution in [2.75, 3.05) is 6.61 Å². The van der Waals surface area contributed by atoms with Crippen molar-refractivity contribution in [1.29, 1.82) is 0 Å². The number of aryl methyl sites for hydroxylation is 1. The number of allylic oxidation sites excluding steroid dienone is 3. The molecule has 0 saturated carbocycles. The quantitative estimate of drug-likeness (QED) is 0.349. The molecule has 0 aliphatic carbocycles. The molecule has 0 aliphatic rings. The van der Waals surface area contributed by atoms with Gasteiger partial charge in [0, 0.05) is 6.42 Å². The molecule has 1 rings (SSSR count). The summed E-state index contributed by atoms with van der Waals surface area (Å²) in [5, 5.41) is 0. The topological polar surface area (TPSA) is 9.23 Å². The van der Waals surface area contributed by atoms with E-state index in [0.717, 1.165) is 30.6 Å². The Balaban J connectivity index is 2.32. The van der Waals surface area contributed by atoms with Gasteiger partial charge in [0.15, 0.2) is 3.79 Å². The number of ether oxygens (including phenoxy) is 1. The van der Waals surface area contributed by atoms with Crippen LogP contribution in [0.5, 0.6) is 5.75 Å². The zero-order valence-corrected chi connectivity index (χ0v) is 16.3. The Hall–Kier alpha value is -0.630. The lowest BCUT2D eigenvalue weighted by atomic mass is 10.1. The van der Waals surface area contributed by atoms with Crippen LogP contribution in [0.25, 0.3) is 0 Å². The van der Waals surface area contributed by atoms with Crippen LogP contribution in [-0.2, 0) is 6.42 Å². The van der Waals surface area contributed by atoms with Crippen LogP contribution in [0.2, 0.25) is 0 Å². The predicted octanol–water partition coefficient (Wildman–Crippen LogP) is 7.06. The molecule has 128 valence electrons. The molecule has 0 aliphatic heterocycles. The maximum atomic E-state index is 5.78. The molecule has 0 unspecified atom stereocenters. The summed E-state index contributed by atoms with van der Waals surface area (Å²) in [5.41, 5.74) is 3.72. The molecule has 0 spiro atoms. The summed E-state index contributed by atoms with van der Waals surface area (Å²) in [6, 6.07) is 8.24. The van der Waals surface area contributed by atoms with Crippen LogP contribution in [0.15, 0.2) is 47.6 Å². The molecule has 0 bridgehead atoms. The molecule has 1 nitrogen and oxygen atoms in total. The SMILES string of the molecule is CCc1ccc(OCC=C(C)CCC=C(C)CC(Cl)(Cl)Cl)cc1. The van der Waals surface area contributed by atoms with Gasteiger partial charge in [0.05, 0.1) is 0 Å². The van der Waals surface area contributed by atoms with Gasteiger partial charge in [0.25, 0.3) is 0 Å². The lowest BCUT2D eigenvalue weighted by Crippen LogP contribution is -2.01. The molecular weight excluding hydrogens is 351 g/mol. The monoisotopic (exact) mass is 374 g/mol. The molecule has 0 fully saturated rings. The van der Waals surface area contributed by atoms with Crippen molar-refractivity contribution in [3.05, 3.63) is 53.1 Å². The van der Waals surface area contributed by atoms with Gasteiger partial charge in [-0.15, -0.1) is 0 Å². The van der Waals surface area contributed by atoms with Gasteiger partial charge in [-0.1, -0.05) is 71.1 Å². The summed E-state index contributed by atoms with van der Waals surface area (Å²) in [7, 11) is 0. The zero-order chi connectivity index (χ0) is 17.3. The second-order valence-corrected chi connectivity index (χ2v) is 8.26. The van der Waals surface area contributed by atoms with E-state index >= 15 is 0 Å². The summed E-state index contributed by atoms with van der Waals surface area (Å²) >= 11 is 17.3. The largest absolute Gasteiger partial charge is 0.490 e. The van der Waals surface area contributed by atoms with E-state index in [1.165, 1.54) is 11.1 Å². The number of halogens is 3. The fraction of sp³-hybridized carbons (Fsp3) is 0.474. The molecule has 1 aromatic rings. The smallest absolute Gasteiger partial charge is 0.194 e. The highest BCUT2D eigenvalue weighted by Gasteiger charge is 2.19. The Labute approximate surface area is 155 Å². The molecule has 23 heavy (non-hydrogen) atoms. The number of benzene rings is 1. The number of alkyl halides is 3. The maximum Gasteiger partial charge on any atom is 0.194 e. The minimum atomic E-state index is -1.20. The summed E-state index contributed by atoms with van der Waals surface area (Å²) in [5.74, 6) is 0.907. The van der Waals surface area contributed by atoms with E-state index in [2.05, 4.69) is 38.1 Å². The van der Waals surface area contributed by atoms with E-state index in [1.54, 1.807) is 0 Å². The van der Waals surface area contributed by atoms with Gasteiger partial charge in [0.1, 0.15) is 12.4 Å². The first-order chi connectivity index (χ1) is 10.8. The van der Waals surface area contributed by atoms with E-state index in [9.17, 15) is 0 Å². The number of hydrogen-bond donors (Lipinski definition) is 0. The van der Waals surface area contributed by atoms with E-state index in [0.29, 0.717) is 13.0 Å². The summed E-state index contributed by atoms with van der Waals surface area (Å²) in [4.78, 5) is 0. The second kappa shape index (κ2) is 10.3. The van der Waals surface area contributed by atoms with Crippen LogP contribution < -0.4 is 4.74 Å². The normalized spacial score (nSPS) is 13.3. The van der Waals surface area contributed by atoms with Crippen molar-refractivity contribution in [2.45, 2.75) is 50.2 Å². The van der Waals surface area contributed by atoms with E-state index in [-0.39, 0.29) is 0 Å². The molecule has 0 saturated heterocycles. The van der Waals surface area contributed by atoms with Gasteiger partial charge in [-0.05, 0) is 56.9 Å². The van der Waals surface area contributed by atoms with E-state index < -0.39 is 3.79 Å². The van der Waals surface area contributed by atoms with Gasteiger partial charge in [-0.25, -0.2) is 0 Å². The van der Waals surface area contributed by atoms with Gasteiger partial charge in [0.2, 0.25) is 0 Å². The molecule has 0 heterocycles. The molecule has 0 N–H and O–H groups in total. The Morgan fingerprint density at radius 1 is 1.04 bits per heavy atom. The van der Waals surface area contributed by atoms with Crippen LogP contribution in [0.4, 0.5) is 0 Å². The van der Waals surface area contributed by atoms with Gasteiger partial charge < -0.3 is 4.74 Å². The van der Waals surface area contributed by atoms with Crippen LogP contribution in [0.1, 0.15) is 45.6 Å². The minimum Gasteiger partial charge on any atom is -0.490 e. The van der Waals surface area contributed by atoms with Gasteiger partial charge in [-0.3, -0.25) is 0 Å². The van der Waals surface area contributed by atoms with Crippen LogP contribution in [0, 0.1) is 0 Å². The van der Waals surface area contributed by atoms with Crippen molar-refractivity contribution < 1.29 is 4.74 Å². The molecule has 4 heteroatoms. The minimum absolute atomic E-state index is 0.470. The second-order valence-electron chi connectivity index (χ2n) is 5.74. The zero-order valence-electron chi connectivity index (χ0n) is 14.0. The van der Waals surface area contributed by atoms with Crippen molar-refractivity contribution in [3.8, 4) is 5.75 Å². The Kier molecular flexibility index (Phi) is 9.12. The van der Waals surface area contributed by atoms with E-state index in [4.69, 9.17) is 39.5 Å². The van der Waals surface area contributed by atoms with Crippen molar-refractivity contribution in [2.24, 2.45) is 0 Å². The lowest BCUT2D eigenvalue weighted by Gasteiger charge is -2.10. The van der Waals surface area contributed by atoms with E-state index in [1.807, 2.05) is 19.1 Å². The standard InChI is InChI=1S/C19H25Cl3O/c1-4-17-8-10-18(11-9-17)23-13-12-15(2)6-5-7-16(3)14-19(20,21)22/h7-12H,4-6,13-14H2,1-3H3. The average molecular weight is 376 g/mol. The highest BCUT2D eigenvalue weighted by Crippen LogP contribution is 2.33. The Bertz CT molecular complexity index is 525. The van der Waals surface area contributed by atoms with Crippen molar-refractivity contribution in [1.82, 2.24) is 0 Å². The molecule has 0 radical (unpaired) electrons. The third-order valence-electron chi connectivity index (χ3n) is 3.52. The first-order valence-electron chi connectivity index (χ1n) is 7.90. The molecule has 0 atom stereocenters. The highest BCUT2D eigenvalue weighted by atomic mass is 35.6. The maximum absolute atomic E-state index is 5.78. The van der Waals surface area contributed by atoms with Crippen LogP contribution in [-0.4, -0.2) is 10.4 Å². The van der Waals surface area contributed by atoms with Crippen LogP contribution in [0.3, 0.4) is 0 Å². The first kappa shape index (κ1) is 20.4. The third-order valence-corrected chi connectivity index (χ3v) is 3.93. The molecule has 0 amide bonds. The fourth-order valence-corrected chi connectivity index (χ4v) is 2.77. The predicted molar refractivity (Wildman–Crippen MR) is 103 cm³/mol. The molecular formula is C19H25Cl3O. The average Bonchev–Trinajstić information content (AvgIpc) is 2.46. The van der Waals surface area contributed by atoms with Gasteiger partial charge in [-0.2, -0.15) is 0 Å².